The Labute approximate surface area is 129 Å². The van der Waals surface area contributed by atoms with Crippen molar-refractivity contribution in [2.45, 2.75) is 32.2 Å². The first-order valence-electron chi connectivity index (χ1n) is 6.92. The van der Waals surface area contributed by atoms with E-state index in [2.05, 4.69) is 26.6 Å². The molecule has 1 unspecified atom stereocenters. The van der Waals surface area contributed by atoms with Crippen LogP contribution in [0.4, 0.5) is 4.79 Å². The Hall–Kier alpha value is -1.07. The molecule has 0 aliphatic heterocycles. The molecule has 0 aliphatic rings. The van der Waals surface area contributed by atoms with Gasteiger partial charge in [0.25, 0.3) is 0 Å². The zero-order valence-corrected chi connectivity index (χ0v) is 13.7. The molecule has 1 aromatic rings. The second kappa shape index (κ2) is 9.77. The molecule has 0 fully saturated rings. The van der Waals surface area contributed by atoms with Crippen LogP contribution < -0.4 is 10.6 Å². The van der Waals surface area contributed by atoms with E-state index < -0.39 is 0 Å². The number of benzene rings is 1. The molecule has 1 rings (SSSR count). The fourth-order valence-corrected chi connectivity index (χ4v) is 2.27. The van der Waals surface area contributed by atoms with Crippen molar-refractivity contribution >= 4 is 22.0 Å². The van der Waals surface area contributed by atoms with E-state index in [-0.39, 0.29) is 12.1 Å². The summed E-state index contributed by atoms with van der Waals surface area (Å²) < 4.78 is 5.99. The zero-order chi connectivity index (χ0) is 14.8. The summed E-state index contributed by atoms with van der Waals surface area (Å²) in [4.78, 5) is 11.7. The molecule has 112 valence electrons. The highest BCUT2D eigenvalue weighted by Gasteiger charge is 2.08. The lowest BCUT2D eigenvalue weighted by Gasteiger charge is -2.15. The van der Waals surface area contributed by atoms with Gasteiger partial charge in [-0.1, -0.05) is 28.1 Å². The monoisotopic (exact) mass is 342 g/mol. The predicted molar refractivity (Wildman–Crippen MR) is 84.8 cm³/mol. The third kappa shape index (κ3) is 6.91. The van der Waals surface area contributed by atoms with Crippen molar-refractivity contribution in [1.82, 2.24) is 10.6 Å². The van der Waals surface area contributed by atoms with Crippen molar-refractivity contribution in [2.75, 3.05) is 20.3 Å². The summed E-state index contributed by atoms with van der Waals surface area (Å²) in [6.07, 6.45) is 3.07. The quantitative estimate of drug-likeness (QED) is 0.708. The van der Waals surface area contributed by atoms with E-state index in [9.17, 15) is 4.79 Å². The number of carbonyl (C=O) groups is 1. The van der Waals surface area contributed by atoms with Crippen LogP contribution in [-0.4, -0.2) is 26.3 Å². The molecular weight excluding hydrogens is 320 g/mol. The van der Waals surface area contributed by atoms with Crippen LogP contribution >= 0.6 is 15.9 Å². The number of carbonyl (C=O) groups excluding carboxylic acids is 1. The van der Waals surface area contributed by atoms with Gasteiger partial charge in [-0.3, -0.25) is 0 Å². The van der Waals surface area contributed by atoms with Gasteiger partial charge in [-0.2, -0.15) is 0 Å². The predicted octanol–water partition coefficient (Wildman–Crippen LogP) is 3.63. The summed E-state index contributed by atoms with van der Waals surface area (Å²) in [5.74, 6) is 0. The van der Waals surface area contributed by atoms with E-state index in [4.69, 9.17) is 4.74 Å². The fourth-order valence-electron chi connectivity index (χ4n) is 1.86. The average Bonchev–Trinajstić information content (AvgIpc) is 2.42. The van der Waals surface area contributed by atoms with Gasteiger partial charge in [-0.05, 0) is 43.9 Å². The van der Waals surface area contributed by atoms with Gasteiger partial charge in [0.05, 0.1) is 6.04 Å². The molecule has 20 heavy (non-hydrogen) atoms. The smallest absolute Gasteiger partial charge is 0.315 e. The number of urea groups is 1. The van der Waals surface area contributed by atoms with Gasteiger partial charge >= 0.3 is 6.03 Å². The number of hydrogen-bond acceptors (Lipinski definition) is 2. The lowest BCUT2D eigenvalue weighted by Crippen LogP contribution is -2.37. The van der Waals surface area contributed by atoms with Crippen molar-refractivity contribution in [3.63, 3.8) is 0 Å². The normalized spacial score (nSPS) is 11.9. The van der Waals surface area contributed by atoms with Crippen LogP contribution in [0, 0.1) is 0 Å². The van der Waals surface area contributed by atoms with Crippen LogP contribution in [0.1, 0.15) is 37.8 Å². The molecule has 1 aromatic carbocycles. The Morgan fingerprint density at radius 3 is 2.85 bits per heavy atom. The van der Waals surface area contributed by atoms with E-state index >= 15 is 0 Å². The van der Waals surface area contributed by atoms with Gasteiger partial charge in [-0.15, -0.1) is 0 Å². The molecule has 0 saturated heterocycles. The summed E-state index contributed by atoms with van der Waals surface area (Å²) in [6, 6.07) is 7.81. The number of methoxy groups -OCH3 is 1. The van der Waals surface area contributed by atoms with Crippen molar-refractivity contribution < 1.29 is 9.53 Å². The topological polar surface area (TPSA) is 50.4 Å². The van der Waals surface area contributed by atoms with Crippen LogP contribution in [0.2, 0.25) is 0 Å². The molecule has 0 saturated carbocycles. The summed E-state index contributed by atoms with van der Waals surface area (Å²) in [5.41, 5.74) is 1.08. The highest BCUT2D eigenvalue weighted by molar-refractivity contribution is 9.10. The molecule has 5 heteroatoms. The van der Waals surface area contributed by atoms with Crippen LogP contribution in [0.5, 0.6) is 0 Å². The van der Waals surface area contributed by atoms with Crippen LogP contribution in [-0.2, 0) is 4.74 Å². The molecule has 1 atom stereocenters. The van der Waals surface area contributed by atoms with Crippen LogP contribution in [0.3, 0.4) is 0 Å². The van der Waals surface area contributed by atoms with E-state index in [1.54, 1.807) is 7.11 Å². The van der Waals surface area contributed by atoms with Gasteiger partial charge in [0, 0.05) is 24.7 Å². The molecule has 0 aromatic heterocycles. The second-order valence-electron chi connectivity index (χ2n) is 4.73. The van der Waals surface area contributed by atoms with E-state index in [1.807, 2.05) is 31.2 Å². The number of hydrogen-bond donors (Lipinski definition) is 2. The second-order valence-corrected chi connectivity index (χ2v) is 5.65. The number of ether oxygens (including phenoxy) is 1. The third-order valence-corrected chi connectivity index (χ3v) is 3.50. The number of rotatable bonds is 8. The first kappa shape index (κ1) is 17.0. The van der Waals surface area contributed by atoms with Crippen molar-refractivity contribution in [3.05, 3.63) is 34.3 Å². The summed E-state index contributed by atoms with van der Waals surface area (Å²) >= 11 is 3.43. The van der Waals surface area contributed by atoms with Gasteiger partial charge in [-0.25, -0.2) is 4.79 Å². The van der Waals surface area contributed by atoms with Crippen molar-refractivity contribution in [2.24, 2.45) is 0 Å². The Kier molecular flexibility index (Phi) is 8.30. The summed E-state index contributed by atoms with van der Waals surface area (Å²) in [5, 5.41) is 5.80. The molecule has 0 bridgehead atoms. The highest BCUT2D eigenvalue weighted by Crippen LogP contribution is 2.17. The summed E-state index contributed by atoms with van der Waals surface area (Å²) in [6.45, 7) is 3.45. The van der Waals surface area contributed by atoms with Gasteiger partial charge < -0.3 is 15.4 Å². The van der Waals surface area contributed by atoms with E-state index in [1.165, 1.54) is 0 Å². The molecule has 0 aliphatic carbocycles. The lowest BCUT2D eigenvalue weighted by molar-refractivity contribution is 0.192. The van der Waals surface area contributed by atoms with Gasteiger partial charge in [0.1, 0.15) is 0 Å². The maximum atomic E-state index is 11.7. The first-order chi connectivity index (χ1) is 9.63. The molecule has 0 spiro atoms. The third-order valence-electron chi connectivity index (χ3n) is 3.01. The minimum atomic E-state index is -0.121. The minimum Gasteiger partial charge on any atom is -0.385 e. The summed E-state index contributed by atoms with van der Waals surface area (Å²) in [7, 11) is 1.70. The Balaban J connectivity index is 2.21. The molecule has 0 heterocycles. The maximum absolute atomic E-state index is 11.7. The zero-order valence-electron chi connectivity index (χ0n) is 12.1. The van der Waals surface area contributed by atoms with Gasteiger partial charge in [0.15, 0.2) is 0 Å². The average molecular weight is 343 g/mol. The van der Waals surface area contributed by atoms with Crippen LogP contribution in [0.25, 0.3) is 0 Å². The largest absolute Gasteiger partial charge is 0.385 e. The molecule has 0 radical (unpaired) electrons. The van der Waals surface area contributed by atoms with Crippen LogP contribution in [0.15, 0.2) is 28.7 Å². The number of nitrogens with one attached hydrogen (secondary N) is 2. The van der Waals surface area contributed by atoms with Crippen molar-refractivity contribution in [1.29, 1.82) is 0 Å². The standard InChI is InChI=1S/C15H23BrN2O2/c1-12(13-7-6-8-14(16)11-13)18-15(19)17-9-4-3-5-10-20-2/h6-8,11-12H,3-5,9-10H2,1-2H3,(H2,17,18,19). The molecule has 4 nitrogen and oxygen atoms in total. The first-order valence-corrected chi connectivity index (χ1v) is 7.71. The minimum absolute atomic E-state index is 0.0130. The van der Waals surface area contributed by atoms with E-state index in [0.717, 1.165) is 35.9 Å². The molecular formula is C15H23BrN2O2. The maximum Gasteiger partial charge on any atom is 0.315 e. The fraction of sp³-hybridized carbons (Fsp3) is 0.533. The Bertz CT molecular complexity index is 413. The Morgan fingerprint density at radius 2 is 2.15 bits per heavy atom. The number of amides is 2. The SMILES string of the molecule is COCCCCCNC(=O)NC(C)c1cccc(Br)c1. The molecule has 2 amide bonds. The number of halogens is 1. The van der Waals surface area contributed by atoms with Crippen molar-refractivity contribution in [3.8, 4) is 0 Å². The molecule has 2 N–H and O–H groups in total. The van der Waals surface area contributed by atoms with E-state index in [0.29, 0.717) is 6.54 Å². The van der Waals surface area contributed by atoms with Gasteiger partial charge in [0.2, 0.25) is 0 Å². The highest BCUT2D eigenvalue weighted by atomic mass is 79.9. The Morgan fingerprint density at radius 1 is 1.35 bits per heavy atom. The lowest BCUT2D eigenvalue weighted by atomic mass is 10.1. The number of unbranched alkanes of at least 4 members (excludes halogenated alkanes) is 2.